The Hall–Kier alpha value is -3.13. The summed E-state index contributed by atoms with van der Waals surface area (Å²) in [5.74, 6) is 0. The molecule has 2 heterocycles. The van der Waals surface area contributed by atoms with E-state index in [1.807, 2.05) is 48.9 Å². The number of urea groups is 1. The summed E-state index contributed by atoms with van der Waals surface area (Å²) < 4.78 is 6.98. The fourth-order valence-electron chi connectivity index (χ4n) is 2.77. The summed E-state index contributed by atoms with van der Waals surface area (Å²) in [5.41, 5.74) is 5.60. The third-order valence-electron chi connectivity index (χ3n) is 4.06. The van der Waals surface area contributed by atoms with E-state index >= 15 is 0 Å². The van der Waals surface area contributed by atoms with Gasteiger partial charge in [0.15, 0.2) is 0 Å². The maximum atomic E-state index is 12.0. The first-order chi connectivity index (χ1) is 13.0. The number of methoxy groups -OCH3 is 1. The number of carbonyl (C=O) groups excluding carboxylic acids is 1. The number of hydrogen-bond acceptors (Lipinski definition) is 4. The molecule has 0 saturated heterocycles. The fourth-order valence-corrected chi connectivity index (χ4v) is 2.77. The summed E-state index contributed by atoms with van der Waals surface area (Å²) in [5, 5.41) is 17.0. The summed E-state index contributed by atoms with van der Waals surface area (Å²) in [6, 6.07) is 11.4. The maximum Gasteiger partial charge on any atom is 0.319 e. The summed E-state index contributed by atoms with van der Waals surface area (Å²) >= 11 is 0. The number of benzene rings is 1. The van der Waals surface area contributed by atoms with E-state index in [0.717, 1.165) is 34.0 Å². The van der Waals surface area contributed by atoms with Crippen LogP contribution in [0.2, 0.25) is 0 Å². The molecule has 0 atom stereocenters. The SMILES string of the molecule is COCc1cc(CNC(=O)Nc2ccc(Cn3nc(C)cc3C)cc2)[nH]n1. The molecule has 8 nitrogen and oxygen atoms in total. The van der Waals surface area contributed by atoms with E-state index in [0.29, 0.717) is 19.7 Å². The molecule has 142 valence electrons. The van der Waals surface area contributed by atoms with Crippen molar-refractivity contribution in [3.05, 3.63) is 64.7 Å². The molecule has 0 saturated carbocycles. The summed E-state index contributed by atoms with van der Waals surface area (Å²) in [6.45, 7) is 5.52. The summed E-state index contributed by atoms with van der Waals surface area (Å²) in [7, 11) is 1.61. The monoisotopic (exact) mass is 368 g/mol. The molecule has 0 unspecified atom stereocenters. The number of amides is 2. The Morgan fingerprint density at radius 1 is 1.22 bits per heavy atom. The quantitative estimate of drug-likeness (QED) is 0.597. The van der Waals surface area contributed by atoms with E-state index < -0.39 is 0 Å². The molecule has 27 heavy (non-hydrogen) atoms. The molecule has 3 N–H and O–H groups in total. The van der Waals surface area contributed by atoms with Crippen LogP contribution in [-0.4, -0.2) is 33.1 Å². The molecule has 3 aromatic rings. The summed E-state index contributed by atoms with van der Waals surface area (Å²) in [6.07, 6.45) is 0. The normalized spacial score (nSPS) is 10.8. The molecule has 2 aromatic heterocycles. The predicted molar refractivity (Wildman–Crippen MR) is 102 cm³/mol. The number of ether oxygens (including phenoxy) is 1. The fraction of sp³-hybridized carbons (Fsp3) is 0.316. The molecular weight excluding hydrogens is 344 g/mol. The molecule has 0 radical (unpaired) electrons. The largest absolute Gasteiger partial charge is 0.378 e. The van der Waals surface area contributed by atoms with Gasteiger partial charge in [-0.1, -0.05) is 12.1 Å². The van der Waals surface area contributed by atoms with Crippen LogP contribution in [-0.2, 0) is 24.4 Å². The van der Waals surface area contributed by atoms with Crippen molar-refractivity contribution in [2.75, 3.05) is 12.4 Å². The Bertz CT molecular complexity index is 897. The number of carbonyl (C=O) groups is 1. The number of H-pyrrole nitrogens is 1. The number of hydrogen-bond donors (Lipinski definition) is 3. The minimum Gasteiger partial charge on any atom is -0.378 e. The number of nitrogens with zero attached hydrogens (tertiary/aromatic N) is 3. The van der Waals surface area contributed by atoms with Gasteiger partial charge in [-0.2, -0.15) is 10.2 Å². The van der Waals surface area contributed by atoms with Crippen molar-refractivity contribution in [1.29, 1.82) is 0 Å². The van der Waals surface area contributed by atoms with E-state index in [-0.39, 0.29) is 6.03 Å². The zero-order valence-corrected chi connectivity index (χ0v) is 15.7. The standard InChI is InChI=1S/C19H24N6O2/c1-13-8-14(2)25(24-13)11-15-4-6-16(7-5-15)21-19(26)20-10-17-9-18(12-27-3)23-22-17/h4-9H,10-12H2,1-3H3,(H,22,23)(H2,20,21,26). The van der Waals surface area contributed by atoms with Crippen LogP contribution in [0.3, 0.4) is 0 Å². The van der Waals surface area contributed by atoms with Gasteiger partial charge in [0.05, 0.1) is 36.8 Å². The first-order valence-electron chi connectivity index (χ1n) is 8.70. The number of aryl methyl sites for hydroxylation is 2. The second-order valence-electron chi connectivity index (χ2n) is 6.41. The average Bonchev–Trinajstić information content (AvgIpc) is 3.21. The molecule has 0 aliphatic rings. The highest BCUT2D eigenvalue weighted by molar-refractivity contribution is 5.89. The molecule has 0 fully saturated rings. The second kappa shape index (κ2) is 8.50. The van der Waals surface area contributed by atoms with Crippen molar-refractivity contribution in [3.63, 3.8) is 0 Å². The van der Waals surface area contributed by atoms with E-state index in [1.165, 1.54) is 0 Å². The molecular formula is C19H24N6O2. The summed E-state index contributed by atoms with van der Waals surface area (Å²) in [4.78, 5) is 12.0. The van der Waals surface area contributed by atoms with Crippen LogP contribution < -0.4 is 10.6 Å². The topological polar surface area (TPSA) is 96.9 Å². The highest BCUT2D eigenvalue weighted by Gasteiger charge is 2.06. The molecule has 0 aliphatic heterocycles. The molecule has 0 aliphatic carbocycles. The molecule has 1 aromatic carbocycles. The first-order valence-corrected chi connectivity index (χ1v) is 8.70. The minimum atomic E-state index is -0.274. The Kier molecular flexibility index (Phi) is 5.87. The maximum absolute atomic E-state index is 12.0. The van der Waals surface area contributed by atoms with Crippen molar-refractivity contribution in [2.24, 2.45) is 0 Å². The third kappa shape index (κ3) is 5.18. The van der Waals surface area contributed by atoms with Gasteiger partial charge in [0.25, 0.3) is 0 Å². The van der Waals surface area contributed by atoms with Crippen molar-refractivity contribution < 1.29 is 9.53 Å². The lowest BCUT2D eigenvalue weighted by atomic mass is 10.2. The minimum absolute atomic E-state index is 0.274. The Morgan fingerprint density at radius 3 is 2.67 bits per heavy atom. The van der Waals surface area contributed by atoms with Gasteiger partial charge in [-0.3, -0.25) is 9.78 Å². The van der Waals surface area contributed by atoms with Gasteiger partial charge in [-0.15, -0.1) is 0 Å². The smallest absolute Gasteiger partial charge is 0.319 e. The third-order valence-corrected chi connectivity index (χ3v) is 4.06. The van der Waals surface area contributed by atoms with Gasteiger partial charge in [0, 0.05) is 18.5 Å². The predicted octanol–water partition coefficient (Wildman–Crippen LogP) is 2.74. The van der Waals surface area contributed by atoms with Gasteiger partial charge in [0.1, 0.15) is 0 Å². The van der Waals surface area contributed by atoms with Gasteiger partial charge in [-0.05, 0) is 43.7 Å². The zero-order chi connectivity index (χ0) is 19.2. The van der Waals surface area contributed by atoms with E-state index in [4.69, 9.17) is 4.74 Å². The Morgan fingerprint density at radius 2 is 2.00 bits per heavy atom. The average molecular weight is 368 g/mol. The van der Waals surface area contributed by atoms with Crippen LogP contribution in [0.4, 0.5) is 10.5 Å². The van der Waals surface area contributed by atoms with Gasteiger partial charge < -0.3 is 15.4 Å². The van der Waals surface area contributed by atoms with Crippen molar-refractivity contribution >= 4 is 11.7 Å². The first kappa shape index (κ1) is 18.7. The number of aromatic nitrogens is 4. The van der Waals surface area contributed by atoms with Crippen LogP contribution in [0.25, 0.3) is 0 Å². The van der Waals surface area contributed by atoms with E-state index in [1.54, 1.807) is 7.11 Å². The highest BCUT2D eigenvalue weighted by atomic mass is 16.5. The number of rotatable bonds is 7. The van der Waals surface area contributed by atoms with E-state index in [9.17, 15) is 4.79 Å². The van der Waals surface area contributed by atoms with Crippen molar-refractivity contribution in [2.45, 2.75) is 33.5 Å². The lowest BCUT2D eigenvalue weighted by Crippen LogP contribution is -2.28. The van der Waals surface area contributed by atoms with E-state index in [2.05, 4.69) is 32.0 Å². The van der Waals surface area contributed by atoms with Crippen molar-refractivity contribution in [1.82, 2.24) is 25.3 Å². The second-order valence-corrected chi connectivity index (χ2v) is 6.41. The number of nitrogens with one attached hydrogen (secondary N) is 3. The van der Waals surface area contributed by atoms with Crippen LogP contribution in [0.15, 0.2) is 36.4 Å². The van der Waals surface area contributed by atoms with Gasteiger partial charge >= 0.3 is 6.03 Å². The lowest BCUT2D eigenvalue weighted by Gasteiger charge is -2.08. The number of anilines is 1. The van der Waals surface area contributed by atoms with Crippen LogP contribution in [0.1, 0.15) is 28.3 Å². The zero-order valence-electron chi connectivity index (χ0n) is 15.7. The molecule has 0 spiro atoms. The van der Waals surface area contributed by atoms with Crippen LogP contribution >= 0.6 is 0 Å². The highest BCUT2D eigenvalue weighted by Crippen LogP contribution is 2.12. The Balaban J connectivity index is 1.49. The lowest BCUT2D eigenvalue weighted by molar-refractivity contribution is 0.181. The molecule has 3 rings (SSSR count). The molecule has 2 amide bonds. The van der Waals surface area contributed by atoms with Gasteiger partial charge in [0.2, 0.25) is 0 Å². The molecule has 0 bridgehead atoms. The van der Waals surface area contributed by atoms with Crippen LogP contribution in [0.5, 0.6) is 0 Å². The van der Waals surface area contributed by atoms with Gasteiger partial charge in [-0.25, -0.2) is 4.79 Å². The van der Waals surface area contributed by atoms with Crippen molar-refractivity contribution in [3.8, 4) is 0 Å². The number of aromatic amines is 1. The van der Waals surface area contributed by atoms with Crippen LogP contribution in [0, 0.1) is 13.8 Å². The Labute approximate surface area is 157 Å². The molecule has 8 heteroatoms.